The van der Waals surface area contributed by atoms with E-state index in [1.54, 1.807) is 6.92 Å². The minimum Gasteiger partial charge on any atom is -0.454 e. The highest BCUT2D eigenvalue weighted by Gasteiger charge is 2.17. The Hall–Kier alpha value is -3.54. The van der Waals surface area contributed by atoms with Gasteiger partial charge >= 0.3 is 0 Å². The van der Waals surface area contributed by atoms with Gasteiger partial charge in [-0.05, 0) is 41.0 Å². The number of hydrogen-bond acceptors (Lipinski definition) is 4. The van der Waals surface area contributed by atoms with Gasteiger partial charge in [0.05, 0.1) is 6.42 Å². The first-order valence-corrected chi connectivity index (χ1v) is 9.52. The van der Waals surface area contributed by atoms with Gasteiger partial charge in [0.15, 0.2) is 11.5 Å². The standard InChI is InChI=1S/C23H22N2O4/c1-15(23(27)24-13-16-9-10-20-21(11-16)29-14-28-20)25-22(26)12-18-7-4-6-17-5-2-3-8-19(17)18/h2-11,15H,12-14H2,1H3,(H,24,27)(H,25,26)/t15-/m1/s1. The van der Waals surface area contributed by atoms with E-state index >= 15 is 0 Å². The molecular weight excluding hydrogens is 368 g/mol. The van der Waals surface area contributed by atoms with Crippen LogP contribution in [0.5, 0.6) is 11.5 Å². The smallest absolute Gasteiger partial charge is 0.242 e. The summed E-state index contributed by atoms with van der Waals surface area (Å²) in [5, 5.41) is 7.75. The molecule has 0 aromatic heterocycles. The lowest BCUT2D eigenvalue weighted by Crippen LogP contribution is -2.45. The second-order valence-electron chi connectivity index (χ2n) is 7.01. The van der Waals surface area contributed by atoms with Crippen LogP contribution in [0, 0.1) is 0 Å². The number of rotatable bonds is 6. The summed E-state index contributed by atoms with van der Waals surface area (Å²) in [5.41, 5.74) is 1.84. The molecule has 6 heteroatoms. The molecule has 0 bridgehead atoms. The lowest BCUT2D eigenvalue weighted by Gasteiger charge is -2.15. The van der Waals surface area contributed by atoms with Crippen LogP contribution in [0.15, 0.2) is 60.7 Å². The first kappa shape index (κ1) is 18.8. The van der Waals surface area contributed by atoms with Crippen LogP contribution in [0.4, 0.5) is 0 Å². The first-order valence-electron chi connectivity index (χ1n) is 9.52. The van der Waals surface area contributed by atoms with Crippen LogP contribution >= 0.6 is 0 Å². The van der Waals surface area contributed by atoms with E-state index < -0.39 is 6.04 Å². The normalized spacial score (nSPS) is 13.1. The van der Waals surface area contributed by atoms with E-state index in [2.05, 4.69) is 10.6 Å². The van der Waals surface area contributed by atoms with Crippen LogP contribution in [0.25, 0.3) is 10.8 Å². The Balaban J connectivity index is 1.31. The van der Waals surface area contributed by atoms with Gasteiger partial charge in [-0.3, -0.25) is 9.59 Å². The van der Waals surface area contributed by atoms with Crippen molar-refractivity contribution in [2.24, 2.45) is 0 Å². The average Bonchev–Trinajstić information content (AvgIpc) is 3.20. The summed E-state index contributed by atoms with van der Waals surface area (Å²) in [7, 11) is 0. The average molecular weight is 390 g/mol. The third-order valence-corrected chi connectivity index (χ3v) is 4.91. The molecule has 0 spiro atoms. The molecular formula is C23H22N2O4. The Labute approximate surface area is 168 Å². The summed E-state index contributed by atoms with van der Waals surface area (Å²) in [6.45, 7) is 2.24. The van der Waals surface area contributed by atoms with Crippen molar-refractivity contribution in [2.45, 2.75) is 25.9 Å². The Bertz CT molecular complexity index is 1060. The predicted octanol–water partition coefficient (Wildman–Crippen LogP) is 2.93. The van der Waals surface area contributed by atoms with Crippen molar-refractivity contribution in [3.63, 3.8) is 0 Å². The van der Waals surface area contributed by atoms with Crippen LogP contribution in [-0.4, -0.2) is 24.6 Å². The fraction of sp³-hybridized carbons (Fsp3) is 0.217. The highest BCUT2D eigenvalue weighted by Crippen LogP contribution is 2.32. The zero-order valence-corrected chi connectivity index (χ0v) is 16.1. The molecule has 4 rings (SSSR count). The summed E-state index contributed by atoms with van der Waals surface area (Å²) in [6, 6.07) is 18.7. The van der Waals surface area contributed by atoms with E-state index in [1.165, 1.54) is 0 Å². The molecule has 2 N–H and O–H groups in total. The van der Waals surface area contributed by atoms with E-state index in [-0.39, 0.29) is 25.0 Å². The Morgan fingerprint density at radius 1 is 1.00 bits per heavy atom. The molecule has 148 valence electrons. The van der Waals surface area contributed by atoms with Gasteiger partial charge in [0.2, 0.25) is 18.6 Å². The first-order chi connectivity index (χ1) is 14.1. The molecule has 1 aliphatic heterocycles. The number of carbonyl (C=O) groups excluding carboxylic acids is 2. The van der Waals surface area contributed by atoms with Crippen LogP contribution in [0.3, 0.4) is 0 Å². The molecule has 1 heterocycles. The molecule has 3 aromatic rings. The maximum atomic E-state index is 12.5. The van der Waals surface area contributed by atoms with Gasteiger partial charge in [-0.1, -0.05) is 48.5 Å². The molecule has 29 heavy (non-hydrogen) atoms. The van der Waals surface area contributed by atoms with Crippen molar-refractivity contribution in [1.29, 1.82) is 0 Å². The number of carbonyl (C=O) groups is 2. The lowest BCUT2D eigenvalue weighted by atomic mass is 10.0. The Morgan fingerprint density at radius 3 is 2.69 bits per heavy atom. The molecule has 2 amide bonds. The maximum Gasteiger partial charge on any atom is 0.242 e. The third-order valence-electron chi connectivity index (χ3n) is 4.91. The molecule has 1 atom stereocenters. The molecule has 3 aromatic carbocycles. The SMILES string of the molecule is C[C@@H](NC(=O)Cc1cccc2ccccc12)C(=O)NCc1ccc2c(c1)OCO2. The van der Waals surface area contributed by atoms with E-state index in [1.807, 2.05) is 60.7 Å². The molecule has 0 radical (unpaired) electrons. The number of ether oxygens (including phenoxy) is 2. The Morgan fingerprint density at radius 2 is 1.79 bits per heavy atom. The molecule has 0 saturated carbocycles. The summed E-state index contributed by atoms with van der Waals surface area (Å²) in [5.74, 6) is 0.948. The fourth-order valence-electron chi connectivity index (χ4n) is 3.37. The van der Waals surface area contributed by atoms with Crippen molar-refractivity contribution < 1.29 is 19.1 Å². The number of nitrogens with one attached hydrogen (secondary N) is 2. The van der Waals surface area contributed by atoms with Crippen molar-refractivity contribution >= 4 is 22.6 Å². The number of fused-ring (bicyclic) bond motifs is 2. The molecule has 0 fully saturated rings. The van der Waals surface area contributed by atoms with E-state index in [0.717, 1.165) is 21.9 Å². The fourth-order valence-corrected chi connectivity index (χ4v) is 3.37. The van der Waals surface area contributed by atoms with Gasteiger partial charge < -0.3 is 20.1 Å². The minimum absolute atomic E-state index is 0.188. The summed E-state index contributed by atoms with van der Waals surface area (Å²) in [4.78, 5) is 24.8. The van der Waals surface area contributed by atoms with Crippen molar-refractivity contribution in [1.82, 2.24) is 10.6 Å². The molecule has 0 unspecified atom stereocenters. The summed E-state index contributed by atoms with van der Waals surface area (Å²) in [6.07, 6.45) is 0.223. The quantitative estimate of drug-likeness (QED) is 0.679. The third kappa shape index (κ3) is 4.32. The van der Waals surface area contributed by atoms with Gasteiger partial charge in [-0.25, -0.2) is 0 Å². The molecule has 0 aliphatic carbocycles. The van der Waals surface area contributed by atoms with Gasteiger partial charge in [0.1, 0.15) is 6.04 Å². The van der Waals surface area contributed by atoms with Crippen LogP contribution in [-0.2, 0) is 22.6 Å². The van der Waals surface area contributed by atoms with Crippen molar-refractivity contribution in [3.05, 3.63) is 71.8 Å². The summed E-state index contributed by atoms with van der Waals surface area (Å²) < 4.78 is 10.6. The van der Waals surface area contributed by atoms with Gasteiger partial charge in [-0.15, -0.1) is 0 Å². The van der Waals surface area contributed by atoms with Crippen LogP contribution in [0.2, 0.25) is 0 Å². The maximum absolute atomic E-state index is 12.5. The minimum atomic E-state index is -0.633. The molecule has 6 nitrogen and oxygen atoms in total. The zero-order valence-electron chi connectivity index (χ0n) is 16.1. The van der Waals surface area contributed by atoms with Gasteiger partial charge in [0.25, 0.3) is 0 Å². The molecule has 0 saturated heterocycles. The monoisotopic (exact) mass is 390 g/mol. The van der Waals surface area contributed by atoms with Crippen LogP contribution < -0.4 is 20.1 Å². The van der Waals surface area contributed by atoms with E-state index in [9.17, 15) is 9.59 Å². The number of amides is 2. The highest BCUT2D eigenvalue weighted by molar-refractivity contribution is 5.92. The van der Waals surface area contributed by atoms with Gasteiger partial charge in [0, 0.05) is 6.54 Å². The second kappa shape index (κ2) is 8.22. The Kier molecular flexibility index (Phi) is 5.33. The van der Waals surface area contributed by atoms with Crippen molar-refractivity contribution in [2.75, 3.05) is 6.79 Å². The predicted molar refractivity (Wildman–Crippen MR) is 110 cm³/mol. The number of benzene rings is 3. The van der Waals surface area contributed by atoms with Gasteiger partial charge in [-0.2, -0.15) is 0 Å². The van der Waals surface area contributed by atoms with Crippen LogP contribution in [0.1, 0.15) is 18.1 Å². The van der Waals surface area contributed by atoms with E-state index in [4.69, 9.17) is 9.47 Å². The number of hydrogen-bond donors (Lipinski definition) is 2. The van der Waals surface area contributed by atoms with Crippen molar-refractivity contribution in [3.8, 4) is 11.5 Å². The molecule has 1 aliphatic rings. The highest BCUT2D eigenvalue weighted by atomic mass is 16.7. The second-order valence-corrected chi connectivity index (χ2v) is 7.01. The lowest BCUT2D eigenvalue weighted by molar-refractivity contribution is -0.128. The zero-order chi connectivity index (χ0) is 20.2. The summed E-state index contributed by atoms with van der Waals surface area (Å²) >= 11 is 0. The van der Waals surface area contributed by atoms with E-state index in [0.29, 0.717) is 18.0 Å². The topological polar surface area (TPSA) is 76.7 Å². The largest absolute Gasteiger partial charge is 0.454 e.